The van der Waals surface area contributed by atoms with Crippen LogP contribution in [0.25, 0.3) is 0 Å². The second-order valence-electron chi connectivity index (χ2n) is 4.30. The van der Waals surface area contributed by atoms with Crippen LogP contribution in [0.2, 0.25) is 0 Å². The van der Waals surface area contributed by atoms with Gasteiger partial charge in [0, 0.05) is 17.3 Å². The average Bonchev–Trinajstić information content (AvgIpc) is 2.95. The van der Waals surface area contributed by atoms with Gasteiger partial charge in [0.1, 0.15) is 10.7 Å². The van der Waals surface area contributed by atoms with Crippen LogP contribution in [-0.4, -0.2) is 15.9 Å². The van der Waals surface area contributed by atoms with Crippen molar-refractivity contribution < 1.29 is 18.0 Å². The molecule has 2 aromatic rings. The maximum absolute atomic E-state index is 12.4. The van der Waals surface area contributed by atoms with E-state index in [0.29, 0.717) is 5.01 Å². The largest absolute Gasteiger partial charge is 0.431 e. The Kier molecular flexibility index (Phi) is 3.85. The SMILES string of the molecule is Cc1cnc(C(C)NC(=O)c2c[nH]c(C(F)(F)F)c2)s1. The van der Waals surface area contributed by atoms with E-state index in [1.807, 2.05) is 11.9 Å². The van der Waals surface area contributed by atoms with Gasteiger partial charge in [-0.15, -0.1) is 11.3 Å². The lowest BCUT2D eigenvalue weighted by molar-refractivity contribution is -0.140. The molecule has 0 aliphatic rings. The van der Waals surface area contributed by atoms with Crippen molar-refractivity contribution in [3.8, 4) is 0 Å². The molecule has 0 radical (unpaired) electrons. The Hall–Kier alpha value is -1.83. The number of hydrogen-bond acceptors (Lipinski definition) is 3. The van der Waals surface area contributed by atoms with Gasteiger partial charge in [0.15, 0.2) is 0 Å². The number of nitrogens with zero attached hydrogens (tertiary/aromatic N) is 1. The molecule has 1 atom stereocenters. The van der Waals surface area contributed by atoms with Gasteiger partial charge in [-0.25, -0.2) is 4.98 Å². The second kappa shape index (κ2) is 5.28. The van der Waals surface area contributed by atoms with Crippen LogP contribution in [0.1, 0.15) is 38.9 Å². The van der Waals surface area contributed by atoms with Gasteiger partial charge in [0.25, 0.3) is 5.91 Å². The normalized spacial score (nSPS) is 13.2. The Morgan fingerprint density at radius 3 is 2.70 bits per heavy atom. The molecule has 2 rings (SSSR count). The third-order valence-corrected chi connectivity index (χ3v) is 3.70. The number of hydrogen-bond donors (Lipinski definition) is 2. The van der Waals surface area contributed by atoms with E-state index in [1.165, 1.54) is 11.3 Å². The quantitative estimate of drug-likeness (QED) is 0.914. The molecule has 0 saturated heterocycles. The van der Waals surface area contributed by atoms with Crippen molar-refractivity contribution in [3.05, 3.63) is 39.6 Å². The van der Waals surface area contributed by atoms with E-state index in [9.17, 15) is 18.0 Å². The lowest BCUT2D eigenvalue weighted by Gasteiger charge is -2.10. The van der Waals surface area contributed by atoms with Crippen LogP contribution in [0.5, 0.6) is 0 Å². The van der Waals surface area contributed by atoms with E-state index in [-0.39, 0.29) is 11.6 Å². The number of nitrogens with one attached hydrogen (secondary N) is 2. The van der Waals surface area contributed by atoms with Crippen LogP contribution in [0, 0.1) is 6.92 Å². The van der Waals surface area contributed by atoms with Crippen molar-refractivity contribution in [2.45, 2.75) is 26.1 Å². The highest BCUT2D eigenvalue weighted by Crippen LogP contribution is 2.28. The Morgan fingerprint density at radius 2 is 2.20 bits per heavy atom. The van der Waals surface area contributed by atoms with Gasteiger partial charge in [-0.3, -0.25) is 4.79 Å². The Bertz CT molecular complexity index is 617. The van der Waals surface area contributed by atoms with Crippen molar-refractivity contribution in [3.63, 3.8) is 0 Å². The molecule has 2 N–H and O–H groups in total. The molecule has 0 spiro atoms. The fraction of sp³-hybridized carbons (Fsp3) is 0.333. The molecule has 0 bridgehead atoms. The van der Waals surface area contributed by atoms with Gasteiger partial charge in [-0.1, -0.05) is 0 Å². The second-order valence-corrected chi connectivity index (χ2v) is 5.57. The molecule has 0 fully saturated rings. The predicted octanol–water partition coefficient (Wildman–Crippen LogP) is 3.29. The molecule has 4 nitrogen and oxygen atoms in total. The van der Waals surface area contributed by atoms with Crippen LogP contribution in [-0.2, 0) is 6.18 Å². The molecule has 1 amide bonds. The van der Waals surface area contributed by atoms with E-state index in [0.717, 1.165) is 17.1 Å². The molecule has 0 saturated carbocycles. The van der Waals surface area contributed by atoms with E-state index < -0.39 is 17.8 Å². The number of carbonyl (C=O) groups is 1. The van der Waals surface area contributed by atoms with E-state index in [1.54, 1.807) is 13.1 Å². The predicted molar refractivity (Wildman–Crippen MR) is 68.5 cm³/mol. The van der Waals surface area contributed by atoms with Crippen LogP contribution >= 0.6 is 11.3 Å². The number of halogens is 3. The molecule has 2 aromatic heterocycles. The number of amides is 1. The summed E-state index contributed by atoms with van der Waals surface area (Å²) >= 11 is 1.43. The molecule has 2 heterocycles. The van der Waals surface area contributed by atoms with Crippen LogP contribution < -0.4 is 5.32 Å². The van der Waals surface area contributed by atoms with Gasteiger partial charge in [-0.05, 0) is 19.9 Å². The van der Waals surface area contributed by atoms with Gasteiger partial charge in [-0.2, -0.15) is 13.2 Å². The molecule has 8 heteroatoms. The Balaban J connectivity index is 2.07. The fourth-order valence-corrected chi connectivity index (χ4v) is 2.38. The van der Waals surface area contributed by atoms with E-state index in [2.05, 4.69) is 10.3 Å². The molecular formula is C12H12F3N3OS. The number of aryl methyl sites for hydroxylation is 1. The molecule has 0 aliphatic carbocycles. The van der Waals surface area contributed by atoms with Crippen molar-refractivity contribution in [1.82, 2.24) is 15.3 Å². The van der Waals surface area contributed by atoms with E-state index >= 15 is 0 Å². The Morgan fingerprint density at radius 1 is 1.50 bits per heavy atom. The minimum Gasteiger partial charge on any atom is -0.357 e. The number of aromatic amines is 1. The summed E-state index contributed by atoms with van der Waals surface area (Å²) in [7, 11) is 0. The zero-order valence-corrected chi connectivity index (χ0v) is 11.5. The fourth-order valence-electron chi connectivity index (χ4n) is 1.60. The van der Waals surface area contributed by atoms with Crippen molar-refractivity contribution in [1.29, 1.82) is 0 Å². The number of aromatic nitrogens is 2. The molecule has 0 aromatic carbocycles. The number of rotatable bonds is 3. The van der Waals surface area contributed by atoms with Gasteiger partial charge in [0.05, 0.1) is 11.6 Å². The number of carbonyl (C=O) groups excluding carboxylic acids is 1. The summed E-state index contributed by atoms with van der Waals surface area (Å²) < 4.78 is 37.3. The zero-order valence-electron chi connectivity index (χ0n) is 10.7. The first kappa shape index (κ1) is 14.6. The summed E-state index contributed by atoms with van der Waals surface area (Å²) in [5, 5.41) is 3.32. The molecular weight excluding hydrogens is 291 g/mol. The average molecular weight is 303 g/mol. The lowest BCUT2D eigenvalue weighted by atomic mass is 10.2. The minimum atomic E-state index is -4.49. The monoisotopic (exact) mass is 303 g/mol. The molecule has 108 valence electrons. The number of alkyl halides is 3. The third kappa shape index (κ3) is 3.19. The number of H-pyrrole nitrogens is 1. The van der Waals surface area contributed by atoms with Gasteiger partial charge >= 0.3 is 6.18 Å². The molecule has 0 aliphatic heterocycles. The van der Waals surface area contributed by atoms with Crippen molar-refractivity contribution >= 4 is 17.2 Å². The first-order valence-corrected chi connectivity index (χ1v) is 6.58. The lowest BCUT2D eigenvalue weighted by Crippen LogP contribution is -2.26. The Labute approximate surface area is 117 Å². The first-order chi connectivity index (χ1) is 9.27. The highest BCUT2D eigenvalue weighted by molar-refractivity contribution is 7.11. The topological polar surface area (TPSA) is 57.8 Å². The zero-order chi connectivity index (χ0) is 14.9. The van der Waals surface area contributed by atoms with E-state index in [4.69, 9.17) is 0 Å². The van der Waals surface area contributed by atoms with Crippen LogP contribution in [0.4, 0.5) is 13.2 Å². The summed E-state index contributed by atoms with van der Waals surface area (Å²) in [5.41, 5.74) is -1.00. The summed E-state index contributed by atoms with van der Waals surface area (Å²) in [6.07, 6.45) is -1.77. The molecule has 20 heavy (non-hydrogen) atoms. The maximum Gasteiger partial charge on any atom is 0.431 e. The smallest absolute Gasteiger partial charge is 0.357 e. The maximum atomic E-state index is 12.4. The first-order valence-electron chi connectivity index (χ1n) is 5.76. The third-order valence-electron chi connectivity index (χ3n) is 2.61. The summed E-state index contributed by atoms with van der Waals surface area (Å²) in [6, 6.07) is 0.431. The molecule has 1 unspecified atom stereocenters. The van der Waals surface area contributed by atoms with Crippen molar-refractivity contribution in [2.24, 2.45) is 0 Å². The standard InChI is InChI=1S/C12H12F3N3OS/c1-6-4-17-11(20-6)7(2)18-10(19)8-3-9(16-5-8)12(13,14)15/h3-5,7,16H,1-2H3,(H,18,19). The van der Waals surface area contributed by atoms with Gasteiger partial charge < -0.3 is 10.3 Å². The van der Waals surface area contributed by atoms with Crippen LogP contribution in [0.3, 0.4) is 0 Å². The number of thiazole rings is 1. The van der Waals surface area contributed by atoms with Crippen molar-refractivity contribution in [2.75, 3.05) is 0 Å². The summed E-state index contributed by atoms with van der Waals surface area (Å²) in [6.45, 7) is 3.62. The minimum absolute atomic E-state index is 0.0579. The highest BCUT2D eigenvalue weighted by atomic mass is 32.1. The highest BCUT2D eigenvalue weighted by Gasteiger charge is 2.33. The van der Waals surface area contributed by atoms with Gasteiger partial charge in [0.2, 0.25) is 0 Å². The summed E-state index contributed by atoms with van der Waals surface area (Å²) in [4.78, 5) is 19.0. The van der Waals surface area contributed by atoms with Crippen LogP contribution in [0.15, 0.2) is 18.5 Å². The summed E-state index contributed by atoms with van der Waals surface area (Å²) in [5.74, 6) is -0.572.